The minimum Gasteiger partial charge on any atom is -0.480 e. The quantitative estimate of drug-likeness (QED) is 0.227. The van der Waals surface area contributed by atoms with E-state index in [2.05, 4.69) is 39.8 Å². The van der Waals surface area contributed by atoms with E-state index >= 15 is 0 Å². The lowest BCUT2D eigenvalue weighted by Gasteiger charge is -2.24. The minimum atomic E-state index is -1.14. The van der Waals surface area contributed by atoms with Crippen molar-refractivity contribution < 1.29 is 19.1 Å². The molecule has 3 N–H and O–H groups in total. The molecular weight excluding hydrogens is 531 g/mol. The smallest absolute Gasteiger partial charge is 0.326 e. The first-order valence-electron chi connectivity index (χ1n) is 13.9. The molecule has 1 aliphatic heterocycles. The molecule has 1 unspecified atom stereocenters. The summed E-state index contributed by atoms with van der Waals surface area (Å²) in [6, 6.07) is 17.2. The molecule has 7 nitrogen and oxygen atoms in total. The van der Waals surface area contributed by atoms with E-state index in [1.807, 2.05) is 18.2 Å². The molecule has 4 rings (SSSR count). The molecule has 0 spiro atoms. The maximum absolute atomic E-state index is 13.8. The van der Waals surface area contributed by atoms with Crippen LogP contribution in [-0.4, -0.2) is 59.1 Å². The van der Waals surface area contributed by atoms with Crippen LogP contribution >= 0.6 is 11.6 Å². The molecule has 0 fully saturated rings. The van der Waals surface area contributed by atoms with E-state index in [1.54, 1.807) is 0 Å². The molecule has 0 aliphatic carbocycles. The third-order valence-corrected chi connectivity index (χ3v) is 7.59. The Hall–Kier alpha value is -3.49. The highest BCUT2D eigenvalue weighted by Gasteiger charge is 2.23. The normalized spacial score (nSPS) is 13.4. The molecule has 0 saturated heterocycles. The molecule has 1 aliphatic rings. The maximum Gasteiger partial charge on any atom is 0.326 e. The predicted molar refractivity (Wildman–Crippen MR) is 155 cm³/mol. The number of aryl methyl sites for hydroxylation is 2. The van der Waals surface area contributed by atoms with Crippen molar-refractivity contribution in [3.05, 3.63) is 93.9 Å². The van der Waals surface area contributed by atoms with Gasteiger partial charge in [-0.25, -0.2) is 14.2 Å². The number of hydrogen-bond donors (Lipinski definition) is 3. The van der Waals surface area contributed by atoms with Crippen LogP contribution in [-0.2, 0) is 24.1 Å². The number of amides is 1. The number of fused-ring (bicyclic) bond motifs is 1. The predicted octanol–water partition coefficient (Wildman–Crippen LogP) is 5.37. The molecule has 0 bridgehead atoms. The highest BCUT2D eigenvalue weighted by Crippen LogP contribution is 2.21. The molecule has 1 amide bonds. The van der Waals surface area contributed by atoms with Gasteiger partial charge in [-0.1, -0.05) is 54.1 Å². The first-order valence-corrected chi connectivity index (χ1v) is 14.2. The maximum atomic E-state index is 13.8. The lowest BCUT2D eigenvalue weighted by molar-refractivity contribution is -0.139. The zero-order valence-corrected chi connectivity index (χ0v) is 23.3. The van der Waals surface area contributed by atoms with Crippen LogP contribution in [0.4, 0.5) is 10.2 Å². The SMILES string of the molecule is O=C(NC(CCN(CCCCc1ccc2c(n1)NCCC2)CCc1ccccc1)C(=O)O)c1cccc(F)c1Cl. The average molecular weight is 567 g/mol. The molecular formula is C31H36ClFN4O3. The molecule has 9 heteroatoms. The summed E-state index contributed by atoms with van der Waals surface area (Å²) in [7, 11) is 0. The summed E-state index contributed by atoms with van der Waals surface area (Å²) in [5.41, 5.74) is 3.48. The molecule has 2 heterocycles. The number of pyridine rings is 1. The van der Waals surface area contributed by atoms with E-state index in [0.717, 1.165) is 75.7 Å². The van der Waals surface area contributed by atoms with Gasteiger partial charge in [0.25, 0.3) is 5.91 Å². The second kappa shape index (κ2) is 14.8. The fourth-order valence-corrected chi connectivity index (χ4v) is 5.11. The van der Waals surface area contributed by atoms with Crippen LogP contribution in [0, 0.1) is 5.82 Å². The van der Waals surface area contributed by atoms with Gasteiger partial charge < -0.3 is 20.6 Å². The van der Waals surface area contributed by atoms with E-state index in [-0.39, 0.29) is 17.0 Å². The second-order valence-corrected chi connectivity index (χ2v) is 10.5. The van der Waals surface area contributed by atoms with Crippen molar-refractivity contribution in [1.29, 1.82) is 0 Å². The molecule has 3 aromatic rings. The van der Waals surface area contributed by atoms with Crippen LogP contribution in [0.1, 0.15) is 52.9 Å². The summed E-state index contributed by atoms with van der Waals surface area (Å²) >= 11 is 5.93. The van der Waals surface area contributed by atoms with E-state index in [4.69, 9.17) is 16.6 Å². The van der Waals surface area contributed by atoms with Gasteiger partial charge in [0.1, 0.15) is 17.7 Å². The Morgan fingerprint density at radius 3 is 2.65 bits per heavy atom. The van der Waals surface area contributed by atoms with Gasteiger partial charge in [0, 0.05) is 25.3 Å². The Kier molecular flexibility index (Phi) is 10.9. The number of rotatable bonds is 14. The second-order valence-electron chi connectivity index (χ2n) is 10.1. The van der Waals surface area contributed by atoms with Crippen LogP contribution < -0.4 is 10.6 Å². The van der Waals surface area contributed by atoms with Crippen molar-refractivity contribution in [2.24, 2.45) is 0 Å². The number of carboxylic acids is 1. The summed E-state index contributed by atoms with van der Waals surface area (Å²) < 4.78 is 13.8. The van der Waals surface area contributed by atoms with Crippen LogP contribution in [0.3, 0.4) is 0 Å². The lowest BCUT2D eigenvalue weighted by atomic mass is 10.1. The number of nitrogens with zero attached hydrogens (tertiary/aromatic N) is 2. The van der Waals surface area contributed by atoms with Crippen molar-refractivity contribution >= 4 is 29.3 Å². The van der Waals surface area contributed by atoms with E-state index < -0.39 is 23.7 Å². The number of nitrogens with one attached hydrogen (secondary N) is 2. The van der Waals surface area contributed by atoms with Crippen LogP contribution in [0.5, 0.6) is 0 Å². The number of carbonyl (C=O) groups is 2. The molecule has 2 aromatic carbocycles. The number of benzene rings is 2. The van der Waals surface area contributed by atoms with Crippen LogP contribution in [0.25, 0.3) is 0 Å². The Labute approximate surface area is 239 Å². The number of anilines is 1. The van der Waals surface area contributed by atoms with E-state index in [0.29, 0.717) is 6.54 Å². The molecule has 1 atom stereocenters. The average Bonchev–Trinajstić information content (AvgIpc) is 2.97. The molecule has 212 valence electrons. The first-order chi connectivity index (χ1) is 19.4. The van der Waals surface area contributed by atoms with E-state index in [1.165, 1.54) is 23.3 Å². The minimum absolute atomic E-state index is 0.0835. The number of unbranched alkanes of at least 4 members (excludes halogenated alkanes) is 1. The summed E-state index contributed by atoms with van der Waals surface area (Å²) in [5, 5.41) is 15.4. The van der Waals surface area contributed by atoms with Gasteiger partial charge in [0.2, 0.25) is 0 Å². The fraction of sp³-hybridized carbons (Fsp3) is 0.387. The van der Waals surface area contributed by atoms with Crippen molar-refractivity contribution in [3.63, 3.8) is 0 Å². The first kappa shape index (κ1) is 29.5. The van der Waals surface area contributed by atoms with E-state index in [9.17, 15) is 19.1 Å². The number of carbonyl (C=O) groups excluding carboxylic acids is 1. The van der Waals surface area contributed by atoms with Crippen molar-refractivity contribution in [3.8, 4) is 0 Å². The van der Waals surface area contributed by atoms with Gasteiger partial charge in [-0.2, -0.15) is 0 Å². The lowest BCUT2D eigenvalue weighted by Crippen LogP contribution is -2.43. The third kappa shape index (κ3) is 8.50. The molecule has 40 heavy (non-hydrogen) atoms. The standard InChI is InChI=1S/C31H36ClFN4O3/c32-28-25(12-6-13-26(28)33)30(38)36-27(31(39)40)17-21-37(20-16-22-8-2-1-3-9-22)19-5-4-11-24-15-14-23-10-7-18-34-29(23)35-24/h1-3,6,8-9,12-15,27H,4-5,7,10-11,16-21H2,(H,34,35)(H,36,38)(H,39,40). The summed E-state index contributed by atoms with van der Waals surface area (Å²) in [4.78, 5) is 31.7. The monoisotopic (exact) mass is 566 g/mol. The zero-order chi connectivity index (χ0) is 28.3. The van der Waals surface area contributed by atoms with Crippen LogP contribution in [0.15, 0.2) is 60.7 Å². The zero-order valence-electron chi connectivity index (χ0n) is 22.5. The number of aromatic nitrogens is 1. The largest absolute Gasteiger partial charge is 0.480 e. The summed E-state index contributed by atoms with van der Waals surface area (Å²) in [5.74, 6) is -1.57. The van der Waals surface area contributed by atoms with Crippen molar-refractivity contribution in [2.75, 3.05) is 31.5 Å². The highest BCUT2D eigenvalue weighted by molar-refractivity contribution is 6.34. The highest BCUT2D eigenvalue weighted by atomic mass is 35.5. The Bertz CT molecular complexity index is 1290. The third-order valence-electron chi connectivity index (χ3n) is 7.20. The number of halogens is 2. The number of carboxylic acid groups (broad SMARTS) is 1. The Morgan fingerprint density at radius 2 is 1.85 bits per heavy atom. The summed E-state index contributed by atoms with van der Waals surface area (Å²) in [6.45, 7) is 3.02. The van der Waals surface area contributed by atoms with Gasteiger partial charge >= 0.3 is 5.97 Å². The topological polar surface area (TPSA) is 94.6 Å². The molecule has 1 aromatic heterocycles. The molecule has 0 saturated carbocycles. The summed E-state index contributed by atoms with van der Waals surface area (Å²) in [6.07, 6.45) is 6.03. The van der Waals surface area contributed by atoms with Gasteiger partial charge in [-0.3, -0.25) is 4.79 Å². The van der Waals surface area contributed by atoms with Gasteiger partial charge in [0.05, 0.1) is 10.6 Å². The number of aliphatic carboxylic acids is 1. The molecule has 0 radical (unpaired) electrons. The number of hydrogen-bond acceptors (Lipinski definition) is 5. The van der Waals surface area contributed by atoms with Gasteiger partial charge in [0.15, 0.2) is 0 Å². The fourth-order valence-electron chi connectivity index (χ4n) is 4.90. The van der Waals surface area contributed by atoms with Crippen molar-refractivity contribution in [1.82, 2.24) is 15.2 Å². The van der Waals surface area contributed by atoms with Gasteiger partial charge in [-0.05, 0) is 80.8 Å². The van der Waals surface area contributed by atoms with Crippen LogP contribution in [0.2, 0.25) is 5.02 Å². The van der Waals surface area contributed by atoms with Gasteiger partial charge in [-0.15, -0.1) is 0 Å². The Balaban J connectivity index is 1.33. The van der Waals surface area contributed by atoms with Crippen molar-refractivity contribution in [2.45, 2.75) is 51.0 Å². The Morgan fingerprint density at radius 1 is 1.02 bits per heavy atom.